The molecule has 0 fully saturated rings. The zero-order valence-corrected chi connectivity index (χ0v) is 12.2. The Hall–Kier alpha value is -0.970. The predicted molar refractivity (Wildman–Crippen MR) is 78.2 cm³/mol. The highest BCUT2D eigenvalue weighted by atomic mass is 32.2. The van der Waals surface area contributed by atoms with Crippen LogP contribution in [0.15, 0.2) is 12.2 Å². The summed E-state index contributed by atoms with van der Waals surface area (Å²) in [5.74, 6) is -0.802. The number of carboxylic acid groups (broad SMARTS) is 1. The van der Waals surface area contributed by atoms with E-state index in [9.17, 15) is 9.59 Å². The zero-order valence-electron chi connectivity index (χ0n) is 11.4. The summed E-state index contributed by atoms with van der Waals surface area (Å²) in [6, 6.07) is 0. The van der Waals surface area contributed by atoms with Gasteiger partial charge >= 0.3 is 5.97 Å². The third-order valence-corrected chi connectivity index (χ3v) is 4.11. The van der Waals surface area contributed by atoms with Gasteiger partial charge in [0.2, 0.25) is 5.91 Å². The Balaban J connectivity index is 2.27. The number of amides is 1. The van der Waals surface area contributed by atoms with Gasteiger partial charge in [0.1, 0.15) is 0 Å². The summed E-state index contributed by atoms with van der Waals surface area (Å²) in [6.45, 7) is 0.653. The van der Waals surface area contributed by atoms with Gasteiger partial charge in [0.25, 0.3) is 0 Å². The zero-order chi connectivity index (χ0) is 14.1. The monoisotopic (exact) mass is 285 g/mol. The molecule has 0 aliphatic heterocycles. The molecular formula is C14H23NO3S. The summed E-state index contributed by atoms with van der Waals surface area (Å²) in [7, 11) is 0. The molecule has 5 heteroatoms. The second kappa shape index (κ2) is 9.02. The van der Waals surface area contributed by atoms with Crippen molar-refractivity contribution in [2.75, 3.05) is 18.6 Å². The molecule has 1 aliphatic rings. The van der Waals surface area contributed by atoms with E-state index in [1.165, 1.54) is 6.42 Å². The highest BCUT2D eigenvalue weighted by molar-refractivity contribution is 7.98. The Bertz CT molecular complexity index is 331. The second-order valence-electron chi connectivity index (χ2n) is 4.84. The number of aliphatic carboxylic acids is 1. The maximum atomic E-state index is 12.0. The minimum Gasteiger partial charge on any atom is -0.481 e. The van der Waals surface area contributed by atoms with E-state index in [1.807, 2.05) is 23.9 Å². The van der Waals surface area contributed by atoms with Crippen LogP contribution in [0, 0.1) is 11.8 Å². The molecule has 0 saturated carbocycles. The first-order valence-electron chi connectivity index (χ1n) is 6.81. The van der Waals surface area contributed by atoms with Crippen LogP contribution < -0.4 is 5.32 Å². The molecule has 4 nitrogen and oxygen atoms in total. The quantitative estimate of drug-likeness (QED) is 0.530. The molecule has 2 N–H and O–H groups in total. The third-order valence-electron chi connectivity index (χ3n) is 3.41. The molecule has 108 valence electrons. The topological polar surface area (TPSA) is 66.4 Å². The molecule has 19 heavy (non-hydrogen) atoms. The van der Waals surface area contributed by atoms with Crippen LogP contribution in [0.1, 0.15) is 32.1 Å². The lowest BCUT2D eigenvalue weighted by Gasteiger charge is -2.24. The highest BCUT2D eigenvalue weighted by Gasteiger charge is 2.33. The number of rotatable bonds is 8. The molecule has 0 aromatic rings. The van der Waals surface area contributed by atoms with E-state index < -0.39 is 17.8 Å². The number of carbonyl (C=O) groups excluding carboxylic acids is 1. The molecule has 1 aliphatic carbocycles. The summed E-state index contributed by atoms with van der Waals surface area (Å²) >= 11 is 1.83. The average molecular weight is 285 g/mol. The maximum absolute atomic E-state index is 12.0. The molecule has 0 aromatic carbocycles. The van der Waals surface area contributed by atoms with Crippen LogP contribution in [-0.4, -0.2) is 35.5 Å². The van der Waals surface area contributed by atoms with Crippen LogP contribution in [0.3, 0.4) is 0 Å². The number of carbonyl (C=O) groups is 2. The Labute approximate surface area is 119 Å². The number of hydrogen-bond donors (Lipinski definition) is 2. The fourth-order valence-corrected chi connectivity index (χ4v) is 2.76. The Morgan fingerprint density at radius 1 is 1.21 bits per heavy atom. The molecule has 1 rings (SSSR count). The molecule has 0 aromatic heterocycles. The molecule has 1 amide bonds. The van der Waals surface area contributed by atoms with E-state index in [0.29, 0.717) is 19.4 Å². The van der Waals surface area contributed by atoms with Crippen molar-refractivity contribution in [3.8, 4) is 0 Å². The van der Waals surface area contributed by atoms with Crippen LogP contribution in [0.2, 0.25) is 0 Å². The number of thioether (sulfide) groups is 1. The minimum absolute atomic E-state index is 0.110. The van der Waals surface area contributed by atoms with Gasteiger partial charge in [-0.25, -0.2) is 0 Å². The standard InChI is InChI=1S/C14H23NO3S/c1-19-10-6-2-5-9-15-13(16)11-7-3-4-8-12(11)14(17)18/h3-4,11-12H,2,5-10H2,1H3,(H,15,16)(H,17,18). The lowest BCUT2D eigenvalue weighted by Crippen LogP contribution is -2.39. The second-order valence-corrected chi connectivity index (χ2v) is 5.82. The maximum Gasteiger partial charge on any atom is 0.307 e. The largest absolute Gasteiger partial charge is 0.481 e. The first-order chi connectivity index (χ1) is 9.16. The van der Waals surface area contributed by atoms with Gasteiger partial charge in [0.15, 0.2) is 0 Å². The van der Waals surface area contributed by atoms with Crippen molar-refractivity contribution >= 4 is 23.6 Å². The molecule has 0 spiro atoms. The van der Waals surface area contributed by atoms with E-state index in [-0.39, 0.29) is 5.91 Å². The Kier molecular flexibility index (Phi) is 7.63. The smallest absolute Gasteiger partial charge is 0.307 e. The van der Waals surface area contributed by atoms with E-state index >= 15 is 0 Å². The summed E-state index contributed by atoms with van der Waals surface area (Å²) in [5, 5.41) is 12.0. The average Bonchev–Trinajstić information content (AvgIpc) is 2.42. The predicted octanol–water partition coefficient (Wildman–Crippen LogP) is 2.30. The van der Waals surface area contributed by atoms with E-state index in [0.717, 1.165) is 18.6 Å². The van der Waals surface area contributed by atoms with Crippen LogP contribution in [-0.2, 0) is 9.59 Å². The van der Waals surface area contributed by atoms with Crippen molar-refractivity contribution in [1.82, 2.24) is 5.32 Å². The van der Waals surface area contributed by atoms with E-state index in [1.54, 1.807) is 0 Å². The Morgan fingerprint density at radius 2 is 1.89 bits per heavy atom. The molecule has 0 heterocycles. The summed E-state index contributed by atoms with van der Waals surface area (Å²) in [5.41, 5.74) is 0. The normalized spacial score (nSPS) is 22.2. The molecular weight excluding hydrogens is 262 g/mol. The van der Waals surface area contributed by atoms with E-state index in [2.05, 4.69) is 11.6 Å². The van der Waals surface area contributed by atoms with Crippen LogP contribution >= 0.6 is 11.8 Å². The molecule has 0 bridgehead atoms. The van der Waals surface area contributed by atoms with Crippen LogP contribution in [0.5, 0.6) is 0 Å². The fourth-order valence-electron chi connectivity index (χ4n) is 2.27. The first-order valence-corrected chi connectivity index (χ1v) is 8.20. The van der Waals surface area contributed by atoms with Gasteiger partial charge in [0.05, 0.1) is 11.8 Å². The molecule has 2 atom stereocenters. The van der Waals surface area contributed by atoms with Gasteiger partial charge in [-0.05, 0) is 37.7 Å². The van der Waals surface area contributed by atoms with E-state index in [4.69, 9.17) is 5.11 Å². The van der Waals surface area contributed by atoms with Crippen molar-refractivity contribution in [2.24, 2.45) is 11.8 Å². The van der Waals surface area contributed by atoms with Crippen LogP contribution in [0.4, 0.5) is 0 Å². The lowest BCUT2D eigenvalue weighted by molar-refractivity contribution is -0.147. The van der Waals surface area contributed by atoms with Gasteiger partial charge < -0.3 is 10.4 Å². The molecule has 0 saturated heterocycles. The molecule has 0 radical (unpaired) electrons. The number of unbranched alkanes of at least 4 members (excludes halogenated alkanes) is 2. The van der Waals surface area contributed by atoms with Crippen molar-refractivity contribution in [2.45, 2.75) is 32.1 Å². The number of hydrogen-bond acceptors (Lipinski definition) is 3. The van der Waals surface area contributed by atoms with Crippen LogP contribution in [0.25, 0.3) is 0 Å². The fraction of sp³-hybridized carbons (Fsp3) is 0.714. The van der Waals surface area contributed by atoms with Gasteiger partial charge in [-0.3, -0.25) is 9.59 Å². The summed E-state index contributed by atoms with van der Waals surface area (Å²) < 4.78 is 0. The van der Waals surface area contributed by atoms with Crippen molar-refractivity contribution < 1.29 is 14.7 Å². The number of carboxylic acids is 1. The summed E-state index contributed by atoms with van der Waals surface area (Å²) in [4.78, 5) is 23.1. The van der Waals surface area contributed by atoms with Gasteiger partial charge in [-0.15, -0.1) is 0 Å². The SMILES string of the molecule is CSCCCCCNC(=O)C1CC=CCC1C(=O)O. The summed E-state index contributed by atoms with van der Waals surface area (Å²) in [6.07, 6.45) is 10.1. The third kappa shape index (κ3) is 5.68. The van der Waals surface area contributed by atoms with Crippen molar-refractivity contribution in [1.29, 1.82) is 0 Å². The first kappa shape index (κ1) is 16.1. The Morgan fingerprint density at radius 3 is 2.53 bits per heavy atom. The van der Waals surface area contributed by atoms with Crippen molar-refractivity contribution in [3.63, 3.8) is 0 Å². The van der Waals surface area contributed by atoms with Crippen molar-refractivity contribution in [3.05, 3.63) is 12.2 Å². The minimum atomic E-state index is -0.871. The van der Waals surface area contributed by atoms with Gasteiger partial charge in [0, 0.05) is 6.54 Å². The number of allylic oxidation sites excluding steroid dienone is 2. The molecule has 2 unspecified atom stereocenters. The number of nitrogens with one attached hydrogen (secondary N) is 1. The van der Waals surface area contributed by atoms with Gasteiger partial charge in [-0.1, -0.05) is 18.6 Å². The van der Waals surface area contributed by atoms with Gasteiger partial charge in [-0.2, -0.15) is 11.8 Å². The highest BCUT2D eigenvalue weighted by Crippen LogP contribution is 2.25. The lowest BCUT2D eigenvalue weighted by atomic mass is 9.82.